The molecule has 2 rings (SSSR count). The van der Waals surface area contributed by atoms with Crippen LogP contribution >= 0.6 is 11.3 Å². The Balaban J connectivity index is 1.74. The van der Waals surface area contributed by atoms with Crippen molar-refractivity contribution in [2.45, 2.75) is 20.0 Å². The SMILES string of the molecule is CCN(CCOc1ccc(CNC)cc1)Cc1cccs1. The van der Waals surface area contributed by atoms with Crippen LogP contribution in [0.3, 0.4) is 0 Å². The molecule has 1 aromatic carbocycles. The van der Waals surface area contributed by atoms with Gasteiger partial charge in [-0.15, -0.1) is 11.3 Å². The van der Waals surface area contributed by atoms with Gasteiger partial charge in [0.15, 0.2) is 0 Å². The molecule has 21 heavy (non-hydrogen) atoms. The van der Waals surface area contributed by atoms with Crippen LogP contribution in [-0.2, 0) is 13.1 Å². The number of thiophene rings is 1. The number of nitrogens with one attached hydrogen (secondary N) is 1. The fourth-order valence-electron chi connectivity index (χ4n) is 2.17. The molecule has 0 unspecified atom stereocenters. The Bertz CT molecular complexity index is 496. The van der Waals surface area contributed by atoms with Crippen molar-refractivity contribution in [1.29, 1.82) is 0 Å². The summed E-state index contributed by atoms with van der Waals surface area (Å²) in [5.41, 5.74) is 1.28. The highest BCUT2D eigenvalue weighted by atomic mass is 32.1. The van der Waals surface area contributed by atoms with Crippen LogP contribution in [-0.4, -0.2) is 31.6 Å². The van der Waals surface area contributed by atoms with Gasteiger partial charge in [0.05, 0.1) is 0 Å². The number of ether oxygens (including phenoxy) is 1. The fraction of sp³-hybridized carbons (Fsp3) is 0.412. The van der Waals surface area contributed by atoms with Crippen LogP contribution in [0.2, 0.25) is 0 Å². The van der Waals surface area contributed by atoms with Gasteiger partial charge < -0.3 is 10.1 Å². The summed E-state index contributed by atoms with van der Waals surface area (Å²) in [5.74, 6) is 0.946. The fourth-order valence-corrected chi connectivity index (χ4v) is 2.92. The van der Waals surface area contributed by atoms with Gasteiger partial charge in [-0.25, -0.2) is 0 Å². The molecule has 4 heteroatoms. The van der Waals surface area contributed by atoms with Crippen molar-refractivity contribution < 1.29 is 4.74 Å². The predicted molar refractivity (Wildman–Crippen MR) is 90.0 cm³/mol. The minimum absolute atomic E-state index is 0.727. The van der Waals surface area contributed by atoms with Gasteiger partial charge in [0.1, 0.15) is 12.4 Å². The summed E-state index contributed by atoms with van der Waals surface area (Å²) in [7, 11) is 1.96. The highest BCUT2D eigenvalue weighted by Crippen LogP contribution is 2.13. The monoisotopic (exact) mass is 304 g/mol. The van der Waals surface area contributed by atoms with Crippen LogP contribution in [0.1, 0.15) is 17.4 Å². The molecule has 3 nitrogen and oxygen atoms in total. The lowest BCUT2D eigenvalue weighted by Gasteiger charge is -2.19. The van der Waals surface area contributed by atoms with Crippen LogP contribution in [0.25, 0.3) is 0 Å². The summed E-state index contributed by atoms with van der Waals surface area (Å²) in [5, 5.41) is 5.27. The van der Waals surface area contributed by atoms with Gasteiger partial charge in [0.25, 0.3) is 0 Å². The van der Waals surface area contributed by atoms with Gasteiger partial charge in [-0.3, -0.25) is 4.90 Å². The van der Waals surface area contributed by atoms with E-state index in [0.29, 0.717) is 0 Å². The van der Waals surface area contributed by atoms with Crippen molar-refractivity contribution in [3.05, 3.63) is 52.2 Å². The highest BCUT2D eigenvalue weighted by Gasteiger charge is 2.05. The molecule has 2 aromatic rings. The molecule has 0 bridgehead atoms. The first-order valence-electron chi connectivity index (χ1n) is 7.43. The Labute approximate surface area is 131 Å². The second-order valence-corrected chi connectivity index (χ2v) is 6.00. The molecule has 0 fully saturated rings. The van der Waals surface area contributed by atoms with Crippen LogP contribution < -0.4 is 10.1 Å². The quantitative estimate of drug-likeness (QED) is 0.769. The smallest absolute Gasteiger partial charge is 0.119 e. The van der Waals surface area contributed by atoms with E-state index >= 15 is 0 Å². The Morgan fingerprint density at radius 1 is 1.19 bits per heavy atom. The number of likely N-dealkylation sites (N-methyl/N-ethyl adjacent to an activating group) is 1. The maximum atomic E-state index is 5.83. The molecule has 0 saturated carbocycles. The number of benzene rings is 1. The zero-order valence-electron chi connectivity index (χ0n) is 12.8. The highest BCUT2D eigenvalue weighted by molar-refractivity contribution is 7.09. The maximum absolute atomic E-state index is 5.83. The molecule has 1 aromatic heterocycles. The molecular formula is C17H24N2OS. The summed E-state index contributed by atoms with van der Waals surface area (Å²) in [6.45, 7) is 6.82. The van der Waals surface area contributed by atoms with Gasteiger partial charge in [-0.05, 0) is 42.7 Å². The number of hydrogen-bond acceptors (Lipinski definition) is 4. The van der Waals surface area contributed by atoms with E-state index in [1.54, 1.807) is 0 Å². The Kier molecular flexibility index (Phi) is 6.73. The van der Waals surface area contributed by atoms with E-state index in [0.717, 1.165) is 38.5 Å². The van der Waals surface area contributed by atoms with Crippen molar-refractivity contribution in [1.82, 2.24) is 10.2 Å². The molecular weight excluding hydrogens is 280 g/mol. The molecule has 0 aliphatic rings. The lowest BCUT2D eigenvalue weighted by molar-refractivity contribution is 0.211. The average Bonchev–Trinajstić information content (AvgIpc) is 3.01. The van der Waals surface area contributed by atoms with Gasteiger partial charge in [0, 0.05) is 24.5 Å². The van der Waals surface area contributed by atoms with Crippen LogP contribution in [0.15, 0.2) is 41.8 Å². The lowest BCUT2D eigenvalue weighted by atomic mass is 10.2. The number of rotatable bonds is 9. The van der Waals surface area contributed by atoms with Crippen LogP contribution in [0.4, 0.5) is 0 Å². The van der Waals surface area contributed by atoms with Gasteiger partial charge in [0.2, 0.25) is 0 Å². The van der Waals surface area contributed by atoms with Gasteiger partial charge >= 0.3 is 0 Å². The van der Waals surface area contributed by atoms with Crippen molar-refractivity contribution >= 4 is 11.3 Å². The molecule has 114 valence electrons. The first-order valence-corrected chi connectivity index (χ1v) is 8.31. The van der Waals surface area contributed by atoms with E-state index in [1.807, 2.05) is 30.5 Å². The van der Waals surface area contributed by atoms with Gasteiger partial charge in [-0.2, -0.15) is 0 Å². The zero-order valence-corrected chi connectivity index (χ0v) is 13.7. The van der Waals surface area contributed by atoms with E-state index < -0.39 is 0 Å². The zero-order chi connectivity index (χ0) is 14.9. The second-order valence-electron chi connectivity index (χ2n) is 4.97. The molecule has 0 spiro atoms. The standard InChI is InChI=1S/C17H24N2OS/c1-3-19(14-17-5-4-12-21-17)10-11-20-16-8-6-15(7-9-16)13-18-2/h4-9,12,18H,3,10-11,13-14H2,1-2H3. The molecule has 0 aliphatic heterocycles. The van der Waals surface area contributed by atoms with E-state index in [1.165, 1.54) is 10.4 Å². The molecule has 0 aliphatic carbocycles. The summed E-state index contributed by atoms with van der Waals surface area (Å²) in [4.78, 5) is 3.81. The third-order valence-electron chi connectivity index (χ3n) is 3.39. The Hall–Kier alpha value is -1.36. The minimum Gasteiger partial charge on any atom is -0.492 e. The average molecular weight is 304 g/mol. The topological polar surface area (TPSA) is 24.5 Å². The largest absolute Gasteiger partial charge is 0.492 e. The first-order chi connectivity index (χ1) is 10.3. The van der Waals surface area contributed by atoms with Crippen LogP contribution in [0, 0.1) is 0 Å². The Morgan fingerprint density at radius 2 is 2.00 bits per heavy atom. The van der Waals surface area contributed by atoms with Crippen molar-refractivity contribution in [2.24, 2.45) is 0 Å². The van der Waals surface area contributed by atoms with E-state index in [4.69, 9.17) is 4.74 Å². The van der Waals surface area contributed by atoms with E-state index in [-0.39, 0.29) is 0 Å². The third kappa shape index (κ3) is 5.50. The minimum atomic E-state index is 0.727. The summed E-state index contributed by atoms with van der Waals surface area (Å²) >= 11 is 1.81. The molecule has 0 radical (unpaired) electrons. The van der Waals surface area contributed by atoms with Crippen molar-refractivity contribution in [3.63, 3.8) is 0 Å². The maximum Gasteiger partial charge on any atom is 0.119 e. The lowest BCUT2D eigenvalue weighted by Crippen LogP contribution is -2.27. The third-order valence-corrected chi connectivity index (χ3v) is 4.25. The molecule has 0 amide bonds. The number of nitrogens with zero attached hydrogens (tertiary/aromatic N) is 1. The molecule has 1 heterocycles. The van der Waals surface area contributed by atoms with Gasteiger partial charge in [-0.1, -0.05) is 25.1 Å². The summed E-state index contributed by atoms with van der Waals surface area (Å²) in [6.07, 6.45) is 0. The van der Waals surface area contributed by atoms with Crippen molar-refractivity contribution in [3.8, 4) is 5.75 Å². The van der Waals surface area contributed by atoms with Crippen molar-refractivity contribution in [2.75, 3.05) is 26.7 Å². The second kappa shape index (κ2) is 8.82. The Morgan fingerprint density at radius 3 is 2.62 bits per heavy atom. The molecule has 0 atom stereocenters. The summed E-state index contributed by atoms with van der Waals surface area (Å²) in [6, 6.07) is 12.6. The van der Waals surface area contributed by atoms with E-state index in [2.05, 4.69) is 46.8 Å². The molecule has 1 N–H and O–H groups in total. The van der Waals surface area contributed by atoms with Crippen LogP contribution in [0.5, 0.6) is 5.75 Å². The normalized spacial score (nSPS) is 11.0. The summed E-state index contributed by atoms with van der Waals surface area (Å²) < 4.78 is 5.83. The number of hydrogen-bond donors (Lipinski definition) is 1. The molecule has 0 saturated heterocycles. The van der Waals surface area contributed by atoms with E-state index in [9.17, 15) is 0 Å². The predicted octanol–water partition coefficient (Wildman–Crippen LogP) is 3.37. The first kappa shape index (κ1) is 16.0.